The number of aromatic nitrogens is 1. The highest BCUT2D eigenvalue weighted by atomic mass is 32.1. The molecule has 1 aromatic rings. The molecule has 1 heterocycles. The number of nitrogens with zero attached hydrogens (tertiary/aromatic N) is 1. The fourth-order valence-electron chi connectivity index (χ4n) is 0.653. The Morgan fingerprint density at radius 1 is 1.69 bits per heavy atom. The Balaban J connectivity index is 2.69. The van der Waals surface area contributed by atoms with E-state index in [1.807, 2.05) is 0 Å². The van der Waals surface area contributed by atoms with Crippen LogP contribution in [0.3, 0.4) is 0 Å². The molecule has 0 aliphatic carbocycles. The second kappa shape index (κ2) is 3.99. The number of rotatable bonds is 3. The lowest BCUT2D eigenvalue weighted by Gasteiger charge is -1.95. The number of hydrogen-bond acceptors (Lipinski definition) is 4. The van der Waals surface area contributed by atoms with Crippen LogP contribution in [0.5, 0.6) is 0 Å². The topological polar surface area (TPSA) is 85.1 Å². The van der Waals surface area contributed by atoms with E-state index in [9.17, 15) is 9.59 Å². The molecule has 0 atom stereocenters. The fraction of sp³-hybridized carbons (Fsp3) is 0.286. The molecule has 1 rings (SSSR count). The van der Waals surface area contributed by atoms with E-state index in [4.69, 9.17) is 5.73 Å². The minimum Gasteiger partial charge on any atom is -0.365 e. The van der Waals surface area contributed by atoms with Crippen LogP contribution in [0.15, 0.2) is 6.20 Å². The number of hydrogen-bond donors (Lipinski definition) is 2. The smallest absolute Gasteiger partial charge is 0.260 e. The summed E-state index contributed by atoms with van der Waals surface area (Å²) in [7, 11) is 0. The van der Waals surface area contributed by atoms with Gasteiger partial charge in [-0.2, -0.15) is 0 Å². The van der Waals surface area contributed by atoms with E-state index in [-0.39, 0.29) is 5.91 Å². The Kier molecular flexibility index (Phi) is 2.97. The van der Waals surface area contributed by atoms with Crippen LogP contribution < -0.4 is 11.1 Å². The van der Waals surface area contributed by atoms with E-state index in [2.05, 4.69) is 10.3 Å². The van der Waals surface area contributed by atoms with E-state index in [0.29, 0.717) is 16.4 Å². The zero-order valence-electron chi connectivity index (χ0n) is 7.03. The summed E-state index contributed by atoms with van der Waals surface area (Å²) < 4.78 is 0. The van der Waals surface area contributed by atoms with E-state index >= 15 is 0 Å². The Labute approximate surface area is 79.0 Å². The van der Waals surface area contributed by atoms with Crippen LogP contribution in [0, 0.1) is 0 Å². The quantitative estimate of drug-likeness (QED) is 0.747. The van der Waals surface area contributed by atoms with Crippen LogP contribution in [-0.4, -0.2) is 16.8 Å². The third-order valence-electron chi connectivity index (χ3n) is 1.32. The number of primary amides is 1. The van der Waals surface area contributed by atoms with Gasteiger partial charge in [0.15, 0.2) is 5.13 Å². The van der Waals surface area contributed by atoms with Gasteiger partial charge in [-0.25, -0.2) is 4.98 Å². The molecule has 5 nitrogen and oxygen atoms in total. The summed E-state index contributed by atoms with van der Waals surface area (Å²) in [6.45, 7) is 1.73. The van der Waals surface area contributed by atoms with Gasteiger partial charge in [0, 0.05) is 6.42 Å². The zero-order chi connectivity index (χ0) is 9.84. The van der Waals surface area contributed by atoms with Crippen LogP contribution in [0.1, 0.15) is 23.0 Å². The van der Waals surface area contributed by atoms with E-state index in [0.717, 1.165) is 11.3 Å². The average Bonchev–Trinajstić information content (AvgIpc) is 2.52. The van der Waals surface area contributed by atoms with Crippen LogP contribution in [-0.2, 0) is 4.79 Å². The molecular weight excluding hydrogens is 190 g/mol. The molecule has 0 unspecified atom stereocenters. The molecule has 70 valence electrons. The number of nitrogens with one attached hydrogen (secondary N) is 1. The first kappa shape index (κ1) is 9.66. The standard InChI is InChI=1S/C7H9N3O2S/c1-2-5(11)10-7-9-3-4(13-7)6(8)12/h3H,2H2,1H3,(H2,8,12)(H,9,10,11). The van der Waals surface area contributed by atoms with Gasteiger partial charge >= 0.3 is 0 Å². The second-order valence-electron chi connectivity index (χ2n) is 2.30. The maximum Gasteiger partial charge on any atom is 0.260 e. The molecule has 0 saturated carbocycles. The van der Waals surface area contributed by atoms with E-state index in [1.165, 1.54) is 6.20 Å². The van der Waals surface area contributed by atoms with Crippen LogP contribution in [0.4, 0.5) is 5.13 Å². The van der Waals surface area contributed by atoms with Gasteiger partial charge < -0.3 is 11.1 Å². The number of amides is 2. The minimum atomic E-state index is -0.533. The van der Waals surface area contributed by atoms with Gasteiger partial charge in [0.25, 0.3) is 5.91 Å². The largest absolute Gasteiger partial charge is 0.365 e. The fourth-order valence-corrected chi connectivity index (χ4v) is 1.34. The molecule has 0 saturated heterocycles. The normalized spacial score (nSPS) is 9.62. The van der Waals surface area contributed by atoms with Gasteiger partial charge in [0.1, 0.15) is 4.88 Å². The molecule has 0 aromatic carbocycles. The molecule has 0 radical (unpaired) electrons. The van der Waals surface area contributed by atoms with Crippen molar-refractivity contribution < 1.29 is 9.59 Å². The molecular formula is C7H9N3O2S. The predicted molar refractivity (Wildman–Crippen MR) is 49.6 cm³/mol. The molecule has 1 aromatic heterocycles. The Bertz CT molecular complexity index is 334. The van der Waals surface area contributed by atoms with Crippen molar-refractivity contribution in [1.29, 1.82) is 0 Å². The number of carbonyl (C=O) groups excluding carboxylic acids is 2. The average molecular weight is 199 g/mol. The van der Waals surface area contributed by atoms with Crippen molar-refractivity contribution in [3.05, 3.63) is 11.1 Å². The SMILES string of the molecule is CCC(=O)Nc1ncc(C(N)=O)s1. The highest BCUT2D eigenvalue weighted by molar-refractivity contribution is 7.17. The predicted octanol–water partition coefficient (Wildman–Crippen LogP) is 0.591. The maximum atomic E-state index is 10.9. The van der Waals surface area contributed by atoms with E-state index in [1.54, 1.807) is 6.92 Å². The molecule has 0 aliphatic rings. The van der Waals surface area contributed by atoms with Crippen LogP contribution in [0.2, 0.25) is 0 Å². The number of anilines is 1. The highest BCUT2D eigenvalue weighted by Crippen LogP contribution is 2.17. The summed E-state index contributed by atoms with van der Waals surface area (Å²) in [5, 5.41) is 2.93. The molecule has 6 heteroatoms. The summed E-state index contributed by atoms with van der Waals surface area (Å²) >= 11 is 1.07. The number of nitrogens with two attached hydrogens (primary N) is 1. The van der Waals surface area contributed by atoms with E-state index < -0.39 is 5.91 Å². The van der Waals surface area contributed by atoms with Crippen molar-refractivity contribution in [1.82, 2.24) is 4.98 Å². The Morgan fingerprint density at radius 3 is 2.85 bits per heavy atom. The van der Waals surface area contributed by atoms with Crippen molar-refractivity contribution in [3.63, 3.8) is 0 Å². The van der Waals surface area contributed by atoms with Gasteiger partial charge in [-0.05, 0) is 0 Å². The van der Waals surface area contributed by atoms with Gasteiger partial charge in [-0.3, -0.25) is 9.59 Å². The third-order valence-corrected chi connectivity index (χ3v) is 2.24. The monoisotopic (exact) mass is 199 g/mol. The summed E-state index contributed by atoms with van der Waals surface area (Å²) in [6.07, 6.45) is 1.73. The lowest BCUT2D eigenvalue weighted by molar-refractivity contribution is -0.115. The summed E-state index contributed by atoms with van der Waals surface area (Å²) in [5.41, 5.74) is 5.01. The lowest BCUT2D eigenvalue weighted by atomic mass is 10.5. The minimum absolute atomic E-state index is 0.134. The van der Waals surface area contributed by atoms with Crippen LogP contribution in [0.25, 0.3) is 0 Å². The molecule has 0 fully saturated rings. The summed E-state index contributed by atoms with van der Waals surface area (Å²) in [4.78, 5) is 25.7. The molecule has 0 bridgehead atoms. The van der Waals surface area contributed by atoms with Crippen LogP contribution >= 0.6 is 11.3 Å². The van der Waals surface area contributed by atoms with Crippen molar-refractivity contribution in [2.24, 2.45) is 5.73 Å². The van der Waals surface area contributed by atoms with Crippen molar-refractivity contribution >= 4 is 28.3 Å². The molecule has 3 N–H and O–H groups in total. The number of thiazole rings is 1. The first-order chi connectivity index (χ1) is 6.13. The van der Waals surface area contributed by atoms with Crippen molar-refractivity contribution in [2.75, 3.05) is 5.32 Å². The summed E-state index contributed by atoms with van der Waals surface area (Å²) in [5.74, 6) is -0.667. The highest BCUT2D eigenvalue weighted by Gasteiger charge is 2.07. The first-order valence-corrected chi connectivity index (χ1v) is 4.50. The second-order valence-corrected chi connectivity index (χ2v) is 3.33. The third kappa shape index (κ3) is 2.51. The Hall–Kier alpha value is -1.43. The van der Waals surface area contributed by atoms with Gasteiger partial charge in [0.2, 0.25) is 5.91 Å². The zero-order valence-corrected chi connectivity index (χ0v) is 7.85. The van der Waals surface area contributed by atoms with Gasteiger partial charge in [-0.15, -0.1) is 0 Å². The molecule has 2 amide bonds. The molecule has 0 spiro atoms. The van der Waals surface area contributed by atoms with Gasteiger partial charge in [-0.1, -0.05) is 18.3 Å². The Morgan fingerprint density at radius 2 is 2.38 bits per heavy atom. The first-order valence-electron chi connectivity index (χ1n) is 3.69. The van der Waals surface area contributed by atoms with Gasteiger partial charge in [0.05, 0.1) is 6.20 Å². The molecule has 0 aliphatic heterocycles. The number of carbonyl (C=O) groups is 2. The summed E-state index contributed by atoms with van der Waals surface area (Å²) in [6, 6.07) is 0. The molecule has 13 heavy (non-hydrogen) atoms. The lowest BCUT2D eigenvalue weighted by Crippen LogP contribution is -2.09. The van der Waals surface area contributed by atoms with Crippen molar-refractivity contribution in [3.8, 4) is 0 Å². The van der Waals surface area contributed by atoms with Crippen molar-refractivity contribution in [2.45, 2.75) is 13.3 Å². The maximum absolute atomic E-state index is 10.9.